The molecule has 0 bridgehead atoms. The third-order valence-electron chi connectivity index (χ3n) is 3.39. The summed E-state index contributed by atoms with van der Waals surface area (Å²) in [4.78, 5) is 20.2. The van der Waals surface area contributed by atoms with Crippen molar-refractivity contribution < 1.29 is 9.53 Å². The lowest BCUT2D eigenvalue weighted by molar-refractivity contribution is -0.117. The fraction of sp³-hybridized carbons (Fsp3) is 0.353. The normalized spacial score (nSPS) is 12.0. The molecule has 2 aromatic rings. The number of benzene rings is 1. The molecular weight excluding hydrogens is 292 g/mol. The molecule has 6 nitrogen and oxygen atoms in total. The monoisotopic (exact) mass is 314 g/mol. The van der Waals surface area contributed by atoms with Crippen molar-refractivity contribution in [3.05, 3.63) is 36.8 Å². The van der Waals surface area contributed by atoms with Gasteiger partial charge in [0.05, 0.1) is 18.8 Å². The van der Waals surface area contributed by atoms with Crippen molar-refractivity contribution in [2.45, 2.75) is 26.3 Å². The van der Waals surface area contributed by atoms with Gasteiger partial charge in [0.15, 0.2) is 0 Å². The zero-order chi connectivity index (χ0) is 16.8. The Hall–Kier alpha value is -2.47. The number of ether oxygens (including phenoxy) is 1. The Morgan fingerprint density at radius 3 is 2.74 bits per heavy atom. The molecule has 23 heavy (non-hydrogen) atoms. The van der Waals surface area contributed by atoms with Gasteiger partial charge in [-0.15, -0.1) is 0 Å². The quantitative estimate of drug-likeness (QED) is 0.855. The summed E-state index contributed by atoms with van der Waals surface area (Å²) in [6.45, 7) is 4.07. The molecule has 1 amide bonds. The van der Waals surface area contributed by atoms with Crippen LogP contribution in [0.4, 0.5) is 5.69 Å². The maximum Gasteiger partial charge on any atom is 0.241 e. The molecule has 0 aliphatic rings. The van der Waals surface area contributed by atoms with Crippen molar-refractivity contribution in [3.8, 4) is 17.0 Å². The summed E-state index contributed by atoms with van der Waals surface area (Å²) in [5, 5.41) is 2.82. The van der Waals surface area contributed by atoms with Gasteiger partial charge in [0, 0.05) is 23.5 Å². The second kappa shape index (κ2) is 7.69. The number of rotatable bonds is 6. The number of methoxy groups -OCH3 is 1. The van der Waals surface area contributed by atoms with Crippen LogP contribution in [-0.4, -0.2) is 29.0 Å². The third kappa shape index (κ3) is 4.50. The molecule has 122 valence electrons. The van der Waals surface area contributed by atoms with Crippen molar-refractivity contribution in [1.29, 1.82) is 0 Å². The largest absolute Gasteiger partial charge is 0.496 e. The fourth-order valence-electron chi connectivity index (χ4n) is 2.28. The molecule has 1 unspecified atom stereocenters. The molecular formula is C17H22N4O2. The highest BCUT2D eigenvalue weighted by atomic mass is 16.5. The van der Waals surface area contributed by atoms with Gasteiger partial charge >= 0.3 is 0 Å². The average molecular weight is 314 g/mol. The first-order valence-corrected chi connectivity index (χ1v) is 7.52. The molecule has 1 aromatic carbocycles. The molecule has 1 aromatic heterocycles. The minimum atomic E-state index is -0.525. The number of hydrogen-bond acceptors (Lipinski definition) is 5. The van der Waals surface area contributed by atoms with E-state index < -0.39 is 6.04 Å². The molecule has 0 radical (unpaired) electrons. The summed E-state index contributed by atoms with van der Waals surface area (Å²) in [5.41, 5.74) is 8.13. The van der Waals surface area contributed by atoms with Crippen LogP contribution in [0, 0.1) is 5.92 Å². The maximum absolute atomic E-state index is 12.1. The lowest BCUT2D eigenvalue weighted by atomic mass is 10.0. The highest BCUT2D eigenvalue weighted by Gasteiger charge is 2.16. The minimum absolute atomic E-state index is 0.199. The smallest absolute Gasteiger partial charge is 0.241 e. The Bertz CT molecular complexity index is 659. The predicted molar refractivity (Wildman–Crippen MR) is 90.1 cm³/mol. The fourth-order valence-corrected chi connectivity index (χ4v) is 2.28. The van der Waals surface area contributed by atoms with Crippen LogP contribution in [0.15, 0.2) is 36.8 Å². The van der Waals surface area contributed by atoms with E-state index in [2.05, 4.69) is 15.3 Å². The van der Waals surface area contributed by atoms with Gasteiger partial charge in [0.2, 0.25) is 5.91 Å². The van der Waals surface area contributed by atoms with E-state index >= 15 is 0 Å². The van der Waals surface area contributed by atoms with Crippen LogP contribution < -0.4 is 15.8 Å². The summed E-state index contributed by atoms with van der Waals surface area (Å²) in [5.74, 6) is 0.792. The van der Waals surface area contributed by atoms with Crippen molar-refractivity contribution >= 4 is 11.6 Å². The van der Waals surface area contributed by atoms with Gasteiger partial charge < -0.3 is 15.8 Å². The minimum Gasteiger partial charge on any atom is -0.496 e. The average Bonchev–Trinajstić information content (AvgIpc) is 2.54. The van der Waals surface area contributed by atoms with Gasteiger partial charge in [-0.3, -0.25) is 4.79 Å². The van der Waals surface area contributed by atoms with Crippen molar-refractivity contribution in [3.63, 3.8) is 0 Å². The molecule has 6 heteroatoms. The van der Waals surface area contributed by atoms with Gasteiger partial charge in [-0.1, -0.05) is 13.8 Å². The van der Waals surface area contributed by atoms with Crippen LogP contribution in [-0.2, 0) is 4.79 Å². The van der Waals surface area contributed by atoms with Crippen LogP contribution >= 0.6 is 0 Å². The number of carbonyl (C=O) groups is 1. The number of hydrogen-bond donors (Lipinski definition) is 2. The highest BCUT2D eigenvalue weighted by Crippen LogP contribution is 2.31. The van der Waals surface area contributed by atoms with E-state index in [0.717, 1.165) is 11.3 Å². The van der Waals surface area contributed by atoms with Crippen LogP contribution in [0.5, 0.6) is 5.75 Å². The number of nitrogens with one attached hydrogen (secondary N) is 1. The molecule has 0 saturated heterocycles. The maximum atomic E-state index is 12.1. The zero-order valence-corrected chi connectivity index (χ0v) is 13.6. The van der Waals surface area contributed by atoms with E-state index in [0.29, 0.717) is 23.8 Å². The standard InChI is InChI=1S/C17H22N4O2/c1-11(2)8-14(18)17(22)21-12-4-5-13(16(9-12)23-3)15-6-7-19-10-20-15/h4-7,9-11,14H,8,18H2,1-3H3,(H,21,22). The molecule has 0 saturated carbocycles. The summed E-state index contributed by atoms with van der Waals surface area (Å²) in [6.07, 6.45) is 3.79. The lowest BCUT2D eigenvalue weighted by Gasteiger charge is -2.15. The molecule has 2 rings (SSSR count). The van der Waals surface area contributed by atoms with E-state index in [4.69, 9.17) is 10.5 Å². The highest BCUT2D eigenvalue weighted by molar-refractivity contribution is 5.95. The second-order valence-electron chi connectivity index (χ2n) is 5.73. The van der Waals surface area contributed by atoms with E-state index in [1.807, 2.05) is 19.9 Å². The van der Waals surface area contributed by atoms with Gasteiger partial charge in [-0.25, -0.2) is 9.97 Å². The van der Waals surface area contributed by atoms with Crippen molar-refractivity contribution in [2.24, 2.45) is 11.7 Å². The third-order valence-corrected chi connectivity index (χ3v) is 3.39. The van der Waals surface area contributed by atoms with Crippen LogP contribution in [0.2, 0.25) is 0 Å². The number of amides is 1. The molecule has 1 atom stereocenters. The molecule has 0 spiro atoms. The summed E-state index contributed by atoms with van der Waals surface area (Å²) in [6, 6.07) is 6.69. The van der Waals surface area contributed by atoms with E-state index in [-0.39, 0.29) is 5.91 Å². The number of anilines is 1. The Balaban J connectivity index is 2.18. The molecule has 0 aliphatic heterocycles. The van der Waals surface area contributed by atoms with Gasteiger partial charge in [0.25, 0.3) is 0 Å². The Labute approximate surface area is 136 Å². The first-order valence-electron chi connectivity index (χ1n) is 7.52. The van der Waals surface area contributed by atoms with Crippen molar-refractivity contribution in [2.75, 3.05) is 12.4 Å². The number of aromatic nitrogens is 2. The molecule has 0 fully saturated rings. The number of nitrogens with zero attached hydrogens (tertiary/aromatic N) is 2. The summed E-state index contributed by atoms with van der Waals surface area (Å²) < 4.78 is 5.40. The van der Waals surface area contributed by atoms with Crippen LogP contribution in [0.3, 0.4) is 0 Å². The topological polar surface area (TPSA) is 90.1 Å². The Morgan fingerprint density at radius 1 is 1.35 bits per heavy atom. The molecule has 1 heterocycles. The predicted octanol–water partition coefficient (Wildman–Crippen LogP) is 2.46. The Kier molecular flexibility index (Phi) is 5.65. The number of carbonyl (C=O) groups excluding carboxylic acids is 1. The van der Waals surface area contributed by atoms with E-state index in [1.165, 1.54) is 6.33 Å². The van der Waals surface area contributed by atoms with Crippen molar-refractivity contribution in [1.82, 2.24) is 9.97 Å². The second-order valence-corrected chi connectivity index (χ2v) is 5.73. The van der Waals surface area contributed by atoms with Gasteiger partial charge in [0.1, 0.15) is 12.1 Å². The van der Waals surface area contributed by atoms with Crippen LogP contribution in [0.1, 0.15) is 20.3 Å². The molecule has 3 N–H and O–H groups in total. The summed E-state index contributed by atoms with van der Waals surface area (Å²) >= 11 is 0. The number of nitrogens with two attached hydrogens (primary N) is 1. The van der Waals surface area contributed by atoms with Gasteiger partial charge in [-0.05, 0) is 30.5 Å². The van der Waals surface area contributed by atoms with E-state index in [9.17, 15) is 4.79 Å². The zero-order valence-electron chi connectivity index (χ0n) is 13.6. The SMILES string of the molecule is COc1cc(NC(=O)C(N)CC(C)C)ccc1-c1ccncn1. The van der Waals surface area contributed by atoms with Crippen LogP contribution in [0.25, 0.3) is 11.3 Å². The molecule has 0 aliphatic carbocycles. The Morgan fingerprint density at radius 2 is 2.13 bits per heavy atom. The first-order chi connectivity index (χ1) is 11.0. The van der Waals surface area contributed by atoms with Gasteiger partial charge in [-0.2, -0.15) is 0 Å². The lowest BCUT2D eigenvalue weighted by Crippen LogP contribution is -2.36. The first kappa shape index (κ1) is 16.9. The summed E-state index contributed by atoms with van der Waals surface area (Å²) in [7, 11) is 1.58. The van der Waals surface area contributed by atoms with E-state index in [1.54, 1.807) is 31.5 Å².